The van der Waals surface area contributed by atoms with Crippen LogP contribution in [0.3, 0.4) is 0 Å². The van der Waals surface area contributed by atoms with Crippen LogP contribution in [0.2, 0.25) is 0 Å². The summed E-state index contributed by atoms with van der Waals surface area (Å²) in [6.07, 6.45) is 2.48. The highest BCUT2D eigenvalue weighted by Gasteiger charge is 2.43. The molecule has 1 aromatic heterocycles. The molecule has 5 nitrogen and oxygen atoms in total. The second-order valence-corrected chi connectivity index (χ2v) is 10.0. The summed E-state index contributed by atoms with van der Waals surface area (Å²) in [5.74, 6) is 0.228. The van der Waals surface area contributed by atoms with Gasteiger partial charge in [-0.25, -0.2) is 13.4 Å². The average Bonchev–Trinajstić information content (AvgIpc) is 3.24. The Morgan fingerprint density at radius 1 is 1.16 bits per heavy atom. The number of aromatic nitrogens is 1. The van der Waals surface area contributed by atoms with Gasteiger partial charge in [-0.05, 0) is 26.2 Å². The molecule has 0 N–H and O–H groups in total. The Hall–Kier alpha value is -1.73. The zero-order valence-electron chi connectivity index (χ0n) is 14.0. The largest absolute Gasteiger partial charge is 0.331 e. The molecule has 1 saturated carbocycles. The first-order valence-corrected chi connectivity index (χ1v) is 11.1. The molecule has 1 aliphatic heterocycles. The zero-order valence-corrected chi connectivity index (χ0v) is 15.6. The number of carbonyl (C=O) groups excluding carboxylic acids is 1. The van der Waals surface area contributed by atoms with Crippen LogP contribution >= 0.6 is 11.3 Å². The van der Waals surface area contributed by atoms with E-state index in [1.54, 1.807) is 0 Å². The van der Waals surface area contributed by atoms with Crippen molar-refractivity contribution in [1.82, 2.24) is 9.88 Å². The molecule has 1 amide bonds. The summed E-state index contributed by atoms with van der Waals surface area (Å²) >= 11 is 1.40. The van der Waals surface area contributed by atoms with E-state index in [1.807, 2.05) is 42.2 Å². The summed E-state index contributed by atoms with van der Waals surface area (Å²) < 4.78 is 23.7. The van der Waals surface area contributed by atoms with Gasteiger partial charge in [-0.15, -0.1) is 11.3 Å². The van der Waals surface area contributed by atoms with Crippen LogP contribution in [-0.2, 0) is 9.84 Å². The van der Waals surface area contributed by atoms with Crippen molar-refractivity contribution in [1.29, 1.82) is 0 Å². The van der Waals surface area contributed by atoms with Crippen LogP contribution in [-0.4, -0.2) is 47.8 Å². The van der Waals surface area contributed by atoms with E-state index in [2.05, 4.69) is 4.98 Å². The predicted octanol–water partition coefficient (Wildman–Crippen LogP) is 2.91. The summed E-state index contributed by atoms with van der Waals surface area (Å²) in [7, 11) is -3.02. The number of hydrogen-bond donors (Lipinski definition) is 0. The minimum absolute atomic E-state index is 0.0539. The van der Waals surface area contributed by atoms with Crippen molar-refractivity contribution in [3.05, 3.63) is 40.9 Å². The molecule has 132 valence electrons. The number of hydrogen-bond acceptors (Lipinski definition) is 5. The average molecular weight is 377 g/mol. The number of amides is 1. The quantitative estimate of drug-likeness (QED) is 0.823. The van der Waals surface area contributed by atoms with Crippen molar-refractivity contribution in [3.8, 4) is 10.6 Å². The lowest BCUT2D eigenvalue weighted by molar-refractivity contribution is 0.0685. The van der Waals surface area contributed by atoms with E-state index in [0.29, 0.717) is 11.3 Å². The molecule has 2 heterocycles. The van der Waals surface area contributed by atoms with Gasteiger partial charge in [-0.2, -0.15) is 0 Å². The van der Waals surface area contributed by atoms with E-state index >= 15 is 0 Å². The van der Waals surface area contributed by atoms with E-state index in [-0.39, 0.29) is 29.5 Å². The predicted molar refractivity (Wildman–Crippen MR) is 98.5 cm³/mol. The Labute approximate surface area is 151 Å². The van der Waals surface area contributed by atoms with E-state index in [4.69, 9.17) is 0 Å². The molecule has 1 saturated heterocycles. The maximum Gasteiger partial charge on any atom is 0.266 e. The van der Waals surface area contributed by atoms with Crippen LogP contribution in [0, 0.1) is 6.92 Å². The van der Waals surface area contributed by atoms with Crippen LogP contribution in [0.15, 0.2) is 30.3 Å². The third-order valence-electron chi connectivity index (χ3n) is 4.79. The molecule has 4 rings (SSSR count). The minimum Gasteiger partial charge on any atom is -0.331 e. The van der Waals surface area contributed by atoms with Crippen LogP contribution in [0.4, 0.5) is 0 Å². The van der Waals surface area contributed by atoms with Crippen molar-refractivity contribution in [3.63, 3.8) is 0 Å². The highest BCUT2D eigenvalue weighted by atomic mass is 32.2. The van der Waals surface area contributed by atoms with E-state index in [9.17, 15) is 13.2 Å². The first-order valence-electron chi connectivity index (χ1n) is 8.50. The molecule has 0 spiro atoms. The van der Waals surface area contributed by atoms with Crippen molar-refractivity contribution in [2.45, 2.75) is 38.3 Å². The van der Waals surface area contributed by atoms with Gasteiger partial charge < -0.3 is 4.90 Å². The fourth-order valence-electron chi connectivity index (χ4n) is 3.39. The van der Waals surface area contributed by atoms with Gasteiger partial charge in [-0.1, -0.05) is 30.3 Å². The molecular weight excluding hydrogens is 356 g/mol. The van der Waals surface area contributed by atoms with E-state index < -0.39 is 9.84 Å². The number of thiazole rings is 1. The Morgan fingerprint density at radius 2 is 1.88 bits per heavy atom. The second kappa shape index (κ2) is 6.21. The number of aryl methyl sites for hydroxylation is 1. The highest BCUT2D eigenvalue weighted by molar-refractivity contribution is 7.91. The van der Waals surface area contributed by atoms with Crippen molar-refractivity contribution >= 4 is 27.1 Å². The highest BCUT2D eigenvalue weighted by Crippen LogP contribution is 2.36. The molecule has 2 aromatic rings. The van der Waals surface area contributed by atoms with Crippen LogP contribution in [0.25, 0.3) is 10.6 Å². The van der Waals surface area contributed by atoms with Gasteiger partial charge in [0.05, 0.1) is 17.2 Å². The third kappa shape index (κ3) is 3.35. The second-order valence-electron chi connectivity index (χ2n) is 6.80. The molecule has 1 aliphatic carbocycles. The normalized spacial score (nSPS) is 22.0. The van der Waals surface area contributed by atoms with Gasteiger partial charge in [0.1, 0.15) is 9.88 Å². The Kier molecular flexibility index (Phi) is 4.16. The Morgan fingerprint density at radius 3 is 2.48 bits per heavy atom. The Balaban J connectivity index is 1.64. The molecule has 1 atom stereocenters. The smallest absolute Gasteiger partial charge is 0.266 e. The maximum atomic E-state index is 13.2. The van der Waals surface area contributed by atoms with Gasteiger partial charge in [0.15, 0.2) is 9.84 Å². The number of rotatable bonds is 4. The summed E-state index contributed by atoms with van der Waals surface area (Å²) in [4.78, 5) is 20.2. The first-order chi connectivity index (χ1) is 11.9. The van der Waals surface area contributed by atoms with E-state index in [0.717, 1.165) is 29.1 Å². The molecule has 0 bridgehead atoms. The summed E-state index contributed by atoms with van der Waals surface area (Å²) in [5.41, 5.74) is 1.72. The molecule has 1 unspecified atom stereocenters. The molecule has 2 fully saturated rings. The van der Waals surface area contributed by atoms with E-state index in [1.165, 1.54) is 11.3 Å². The number of carbonyl (C=O) groups is 1. The summed E-state index contributed by atoms with van der Waals surface area (Å²) in [5, 5.41) is 0.830. The summed E-state index contributed by atoms with van der Waals surface area (Å²) in [6, 6.07) is 9.81. The zero-order chi connectivity index (χ0) is 17.6. The summed E-state index contributed by atoms with van der Waals surface area (Å²) in [6.45, 7) is 1.85. The topological polar surface area (TPSA) is 67.3 Å². The molecule has 2 aliphatic rings. The van der Waals surface area contributed by atoms with Crippen molar-refractivity contribution in [2.24, 2.45) is 0 Å². The number of sulfone groups is 1. The fraction of sp³-hybridized carbons (Fsp3) is 0.444. The molecule has 25 heavy (non-hydrogen) atoms. The molecule has 0 radical (unpaired) electrons. The van der Waals surface area contributed by atoms with Crippen LogP contribution < -0.4 is 0 Å². The van der Waals surface area contributed by atoms with Gasteiger partial charge >= 0.3 is 0 Å². The van der Waals surface area contributed by atoms with Gasteiger partial charge in [0.25, 0.3) is 5.91 Å². The lowest BCUT2D eigenvalue weighted by atomic mass is 10.2. The standard InChI is InChI=1S/C18H20N2O3S2/c1-12-16(24-17(19-12)13-5-3-2-4-6-13)18(21)20(14-7-8-14)15-9-10-25(22,23)11-15/h2-6,14-15H,7-11H2,1H3. The lowest BCUT2D eigenvalue weighted by Crippen LogP contribution is -2.42. The fourth-order valence-corrected chi connectivity index (χ4v) is 6.12. The van der Waals surface area contributed by atoms with Crippen molar-refractivity contribution in [2.75, 3.05) is 11.5 Å². The molecule has 7 heteroatoms. The minimum atomic E-state index is -3.02. The van der Waals surface area contributed by atoms with Gasteiger partial charge in [0.2, 0.25) is 0 Å². The van der Waals surface area contributed by atoms with Gasteiger partial charge in [0, 0.05) is 17.6 Å². The lowest BCUT2D eigenvalue weighted by Gasteiger charge is -2.28. The number of benzene rings is 1. The number of nitrogens with zero attached hydrogens (tertiary/aromatic N) is 2. The maximum absolute atomic E-state index is 13.2. The Bertz CT molecular complexity index is 902. The van der Waals surface area contributed by atoms with Crippen LogP contribution in [0.5, 0.6) is 0 Å². The SMILES string of the molecule is Cc1nc(-c2ccccc2)sc1C(=O)N(C1CC1)C1CCS(=O)(=O)C1. The molecular formula is C18H20N2O3S2. The van der Waals surface area contributed by atoms with Crippen LogP contribution in [0.1, 0.15) is 34.6 Å². The monoisotopic (exact) mass is 376 g/mol. The first kappa shape index (κ1) is 16.7. The molecule has 1 aromatic carbocycles. The third-order valence-corrected chi connectivity index (χ3v) is 7.73. The van der Waals surface area contributed by atoms with Gasteiger partial charge in [-0.3, -0.25) is 4.79 Å². The van der Waals surface area contributed by atoms with Crippen molar-refractivity contribution < 1.29 is 13.2 Å².